The van der Waals surface area contributed by atoms with Gasteiger partial charge >= 0.3 is 0 Å². The average molecular weight is 489 g/mol. The predicted octanol–water partition coefficient (Wildman–Crippen LogP) is 5.28. The van der Waals surface area contributed by atoms with Crippen LogP contribution in [0.3, 0.4) is 0 Å². The van der Waals surface area contributed by atoms with Crippen LogP contribution in [0.1, 0.15) is 20.7 Å². The number of halogens is 2. The molecule has 0 aromatic heterocycles. The summed E-state index contributed by atoms with van der Waals surface area (Å²) in [6.07, 6.45) is 0. The van der Waals surface area contributed by atoms with Crippen molar-refractivity contribution in [3.05, 3.63) is 98.0 Å². The molecule has 8 nitrogen and oxygen atoms in total. The normalized spacial score (nSPS) is 10.2. The molecule has 3 N–H and O–H groups in total. The first kappa shape index (κ1) is 23.1. The Bertz CT molecular complexity index is 1220. The van der Waals surface area contributed by atoms with Gasteiger partial charge in [-0.3, -0.25) is 25.0 Å². The second kappa shape index (κ2) is 10.2. The summed E-state index contributed by atoms with van der Waals surface area (Å²) < 4.78 is 0. The standard InChI is InChI=1S/C21H14Cl2N4O4S/c22-13-3-1-2-12(10-13)19(28)24-14-4-6-15(7-5-14)25-21(32)26-20(29)17-11-16(27(30)31)8-9-18(17)23/h1-11H,(H,24,28)(H2,25,26,29,32). The van der Waals surface area contributed by atoms with E-state index in [1.54, 1.807) is 48.5 Å². The minimum atomic E-state index is -0.693. The Kier molecular flexibility index (Phi) is 7.37. The minimum Gasteiger partial charge on any atom is -0.332 e. The maximum Gasteiger partial charge on any atom is 0.270 e. The van der Waals surface area contributed by atoms with Crippen molar-refractivity contribution in [1.29, 1.82) is 0 Å². The first-order valence-electron chi connectivity index (χ1n) is 8.96. The van der Waals surface area contributed by atoms with Crippen LogP contribution in [0.2, 0.25) is 10.0 Å². The highest BCUT2D eigenvalue weighted by Gasteiger charge is 2.17. The number of anilines is 2. The van der Waals surface area contributed by atoms with Crippen molar-refractivity contribution in [1.82, 2.24) is 5.32 Å². The quantitative estimate of drug-likeness (QED) is 0.255. The third-order valence-electron chi connectivity index (χ3n) is 4.12. The Morgan fingerprint density at radius 2 is 1.53 bits per heavy atom. The first-order chi connectivity index (χ1) is 15.2. The first-order valence-corrected chi connectivity index (χ1v) is 10.1. The largest absolute Gasteiger partial charge is 0.332 e. The lowest BCUT2D eigenvalue weighted by atomic mass is 10.2. The zero-order valence-electron chi connectivity index (χ0n) is 16.1. The van der Waals surface area contributed by atoms with Gasteiger partial charge in [-0.15, -0.1) is 0 Å². The maximum atomic E-state index is 12.4. The van der Waals surface area contributed by atoms with Gasteiger partial charge in [-0.05, 0) is 60.7 Å². The van der Waals surface area contributed by atoms with Crippen LogP contribution >= 0.6 is 35.4 Å². The van der Waals surface area contributed by atoms with Crippen molar-refractivity contribution in [2.45, 2.75) is 0 Å². The number of amides is 2. The molecule has 0 saturated heterocycles. The molecule has 162 valence electrons. The van der Waals surface area contributed by atoms with Crippen molar-refractivity contribution in [3.63, 3.8) is 0 Å². The second-order valence-corrected chi connectivity index (χ2v) is 7.62. The summed E-state index contributed by atoms with van der Waals surface area (Å²) in [5, 5.41) is 19.3. The lowest BCUT2D eigenvalue weighted by molar-refractivity contribution is -0.384. The van der Waals surface area contributed by atoms with Gasteiger partial charge in [0, 0.05) is 34.1 Å². The molecule has 3 aromatic rings. The second-order valence-electron chi connectivity index (χ2n) is 6.37. The number of nitro benzene ring substituents is 1. The van der Waals surface area contributed by atoms with Gasteiger partial charge in [-0.1, -0.05) is 29.3 Å². The molecule has 0 heterocycles. The highest BCUT2D eigenvalue weighted by Crippen LogP contribution is 2.22. The molecule has 3 rings (SSSR count). The molecule has 0 aliphatic carbocycles. The number of hydrogen-bond acceptors (Lipinski definition) is 5. The predicted molar refractivity (Wildman–Crippen MR) is 128 cm³/mol. The van der Waals surface area contributed by atoms with E-state index in [0.29, 0.717) is 22.0 Å². The minimum absolute atomic E-state index is 0.0340. The van der Waals surface area contributed by atoms with Crippen molar-refractivity contribution in [2.24, 2.45) is 0 Å². The van der Waals surface area contributed by atoms with Crippen molar-refractivity contribution in [3.8, 4) is 0 Å². The summed E-state index contributed by atoms with van der Waals surface area (Å²) in [5.74, 6) is -1.01. The highest BCUT2D eigenvalue weighted by atomic mass is 35.5. The third kappa shape index (κ3) is 6.01. The number of hydrogen-bond donors (Lipinski definition) is 3. The Labute approximate surface area is 197 Å². The van der Waals surface area contributed by atoms with E-state index in [0.717, 1.165) is 6.07 Å². The molecule has 0 saturated carbocycles. The van der Waals surface area contributed by atoms with Crippen LogP contribution in [0.15, 0.2) is 66.7 Å². The molecule has 2 amide bonds. The van der Waals surface area contributed by atoms with E-state index in [-0.39, 0.29) is 27.3 Å². The third-order valence-corrected chi connectivity index (χ3v) is 4.89. The number of benzene rings is 3. The highest BCUT2D eigenvalue weighted by molar-refractivity contribution is 7.80. The van der Waals surface area contributed by atoms with Crippen LogP contribution in [-0.2, 0) is 0 Å². The van der Waals surface area contributed by atoms with Crippen LogP contribution in [0.25, 0.3) is 0 Å². The Morgan fingerprint density at radius 3 is 2.16 bits per heavy atom. The van der Waals surface area contributed by atoms with Crippen molar-refractivity contribution < 1.29 is 14.5 Å². The van der Waals surface area contributed by atoms with Gasteiger partial charge in [0.2, 0.25) is 0 Å². The number of nitrogens with zero attached hydrogens (tertiary/aromatic N) is 1. The molecule has 0 unspecified atom stereocenters. The SMILES string of the molecule is O=C(Nc1ccc(NC(=S)NC(=O)c2cc([N+](=O)[O-])ccc2Cl)cc1)c1cccc(Cl)c1. The molecule has 0 spiro atoms. The summed E-state index contributed by atoms with van der Waals surface area (Å²) in [7, 11) is 0. The maximum absolute atomic E-state index is 12.4. The summed E-state index contributed by atoms with van der Waals surface area (Å²) >= 11 is 17.0. The van der Waals surface area contributed by atoms with E-state index >= 15 is 0 Å². The Balaban J connectivity index is 1.60. The fourth-order valence-corrected chi connectivity index (χ4v) is 3.21. The van der Waals surface area contributed by atoms with Crippen molar-refractivity contribution >= 4 is 69.4 Å². The van der Waals surface area contributed by atoms with Crippen molar-refractivity contribution in [2.75, 3.05) is 10.6 Å². The summed E-state index contributed by atoms with van der Waals surface area (Å²) in [6, 6.07) is 16.7. The van der Waals surface area contributed by atoms with Gasteiger partial charge in [0.05, 0.1) is 15.5 Å². The van der Waals surface area contributed by atoms with Gasteiger partial charge in [0.1, 0.15) is 0 Å². The van der Waals surface area contributed by atoms with Crippen LogP contribution in [0, 0.1) is 10.1 Å². The van der Waals surface area contributed by atoms with Gasteiger partial charge in [0.15, 0.2) is 5.11 Å². The molecule has 0 atom stereocenters. The number of nitrogens with one attached hydrogen (secondary N) is 3. The van der Waals surface area contributed by atoms with Crippen LogP contribution < -0.4 is 16.0 Å². The van der Waals surface area contributed by atoms with E-state index < -0.39 is 10.8 Å². The molecular weight excluding hydrogens is 475 g/mol. The van der Waals surface area contributed by atoms with Crippen LogP contribution in [0.5, 0.6) is 0 Å². The number of thiocarbonyl (C=S) groups is 1. The number of carbonyl (C=O) groups is 2. The fourth-order valence-electron chi connectivity index (χ4n) is 2.60. The monoisotopic (exact) mass is 488 g/mol. The Morgan fingerprint density at radius 1 is 0.875 bits per heavy atom. The van der Waals surface area contributed by atoms with E-state index in [2.05, 4.69) is 16.0 Å². The van der Waals surface area contributed by atoms with Gasteiger partial charge in [0.25, 0.3) is 17.5 Å². The lowest BCUT2D eigenvalue weighted by Gasteiger charge is -2.11. The zero-order valence-corrected chi connectivity index (χ0v) is 18.4. The van der Waals surface area contributed by atoms with Crippen LogP contribution in [0.4, 0.5) is 17.1 Å². The van der Waals surface area contributed by atoms with Gasteiger partial charge in [-0.2, -0.15) is 0 Å². The van der Waals surface area contributed by atoms with Gasteiger partial charge < -0.3 is 10.6 Å². The van der Waals surface area contributed by atoms with Crippen LogP contribution in [-0.4, -0.2) is 21.9 Å². The number of carbonyl (C=O) groups excluding carboxylic acids is 2. The molecule has 0 fully saturated rings. The smallest absolute Gasteiger partial charge is 0.270 e. The molecule has 0 bridgehead atoms. The summed E-state index contributed by atoms with van der Waals surface area (Å²) in [5.41, 5.74) is 1.15. The Hall–Kier alpha value is -3.53. The van der Waals surface area contributed by atoms with E-state index in [1.807, 2.05) is 0 Å². The van der Waals surface area contributed by atoms with Gasteiger partial charge in [-0.25, -0.2) is 0 Å². The summed E-state index contributed by atoms with van der Waals surface area (Å²) in [6.45, 7) is 0. The zero-order chi connectivity index (χ0) is 23.3. The number of non-ortho nitro benzene ring substituents is 1. The lowest BCUT2D eigenvalue weighted by Crippen LogP contribution is -2.34. The van der Waals surface area contributed by atoms with E-state index in [9.17, 15) is 19.7 Å². The summed E-state index contributed by atoms with van der Waals surface area (Å²) in [4.78, 5) is 34.9. The molecule has 32 heavy (non-hydrogen) atoms. The average Bonchev–Trinajstić information content (AvgIpc) is 2.75. The topological polar surface area (TPSA) is 113 Å². The fraction of sp³-hybridized carbons (Fsp3) is 0. The molecule has 11 heteroatoms. The molecule has 0 aliphatic rings. The molecule has 0 radical (unpaired) electrons. The molecule has 0 aliphatic heterocycles. The number of rotatable bonds is 5. The molecule has 3 aromatic carbocycles. The molecular formula is C21H14Cl2N4O4S. The van der Waals surface area contributed by atoms with E-state index in [1.165, 1.54) is 12.1 Å². The number of nitro groups is 1. The van der Waals surface area contributed by atoms with E-state index in [4.69, 9.17) is 35.4 Å².